The lowest BCUT2D eigenvalue weighted by Crippen LogP contribution is -2.85. The average molecular weight is 287 g/mol. The highest BCUT2D eigenvalue weighted by Gasteiger charge is 2.05. The molecule has 0 aliphatic carbocycles. The van der Waals surface area contributed by atoms with Crippen LogP contribution < -0.4 is 5.32 Å². The molecule has 106 valence electrons. The molecule has 0 unspecified atom stereocenters. The van der Waals surface area contributed by atoms with E-state index < -0.39 is 10.1 Å². The third kappa shape index (κ3) is 7.55. The predicted molar refractivity (Wildman–Crippen MR) is 67.6 cm³/mol. The van der Waals surface area contributed by atoms with Gasteiger partial charge in [-0.3, -0.25) is 0 Å². The molecule has 0 aliphatic rings. The first-order valence-electron chi connectivity index (χ1n) is 5.96. The van der Waals surface area contributed by atoms with E-state index in [1.165, 1.54) is 0 Å². The Hall–Kier alpha value is -1.44. The van der Waals surface area contributed by atoms with Crippen molar-refractivity contribution in [2.24, 2.45) is 0 Å². The Balaban J connectivity index is 2.07. The molecule has 0 atom stereocenters. The van der Waals surface area contributed by atoms with Gasteiger partial charge in [0, 0.05) is 12.2 Å². The molecule has 0 aliphatic heterocycles. The van der Waals surface area contributed by atoms with E-state index in [0.29, 0.717) is 25.1 Å². The third-order valence-corrected chi connectivity index (χ3v) is 3.16. The number of nitrogens with two attached hydrogens (primary N) is 1. The van der Waals surface area contributed by atoms with Gasteiger partial charge in [-0.15, -0.1) is 0 Å². The number of esters is 1. The summed E-state index contributed by atoms with van der Waals surface area (Å²) in [7, 11) is -4.12. The van der Waals surface area contributed by atoms with Gasteiger partial charge >= 0.3 is 5.97 Å². The highest BCUT2D eigenvalue weighted by Crippen LogP contribution is 1.99. The van der Waals surface area contributed by atoms with E-state index >= 15 is 0 Å². The number of benzene rings is 1. The fourth-order valence-electron chi connectivity index (χ4n) is 1.44. The van der Waals surface area contributed by atoms with Crippen LogP contribution in [0.25, 0.3) is 0 Å². The van der Waals surface area contributed by atoms with Gasteiger partial charge in [0.1, 0.15) is 13.2 Å². The Labute approximate surface area is 112 Å². The highest BCUT2D eigenvalue weighted by atomic mass is 32.2. The van der Waals surface area contributed by atoms with Crippen molar-refractivity contribution in [3.63, 3.8) is 0 Å². The molecular formula is C12H17NO5S. The minimum Gasteiger partial charge on any atom is -0.748 e. The number of carbonyl (C=O) groups excluding carboxylic acids is 1. The van der Waals surface area contributed by atoms with Crippen LogP contribution in [0, 0.1) is 0 Å². The fraction of sp³-hybridized carbons (Fsp3) is 0.417. The summed E-state index contributed by atoms with van der Waals surface area (Å²) in [6.07, 6.45) is 0.304. The number of rotatable bonds is 8. The molecule has 7 heteroatoms. The fourth-order valence-corrected chi connectivity index (χ4v) is 1.96. The van der Waals surface area contributed by atoms with E-state index in [1.54, 1.807) is 24.3 Å². The van der Waals surface area contributed by atoms with Gasteiger partial charge in [0.15, 0.2) is 0 Å². The van der Waals surface area contributed by atoms with Crippen LogP contribution in [-0.4, -0.2) is 44.4 Å². The van der Waals surface area contributed by atoms with Crippen molar-refractivity contribution in [1.82, 2.24) is 0 Å². The minimum atomic E-state index is -4.12. The third-order valence-electron chi connectivity index (χ3n) is 2.37. The smallest absolute Gasteiger partial charge is 0.338 e. The van der Waals surface area contributed by atoms with Crippen LogP contribution in [0.3, 0.4) is 0 Å². The number of quaternary nitrogens is 1. The Morgan fingerprint density at radius 1 is 1.21 bits per heavy atom. The molecule has 0 bridgehead atoms. The molecule has 0 spiro atoms. The lowest BCUT2D eigenvalue weighted by Gasteiger charge is -2.06. The average Bonchev–Trinajstić information content (AvgIpc) is 2.37. The first-order valence-corrected chi connectivity index (χ1v) is 7.54. The highest BCUT2D eigenvalue weighted by molar-refractivity contribution is 7.85. The second-order valence-corrected chi connectivity index (χ2v) is 5.51. The van der Waals surface area contributed by atoms with Crippen LogP contribution in [-0.2, 0) is 14.9 Å². The number of ether oxygens (including phenoxy) is 1. The van der Waals surface area contributed by atoms with Gasteiger partial charge in [0.25, 0.3) is 0 Å². The molecule has 6 nitrogen and oxygen atoms in total. The normalized spacial score (nSPS) is 11.2. The number of hydrogen-bond donors (Lipinski definition) is 1. The van der Waals surface area contributed by atoms with Crippen molar-refractivity contribution in [2.45, 2.75) is 6.42 Å². The summed E-state index contributed by atoms with van der Waals surface area (Å²) in [5, 5.41) is 1.81. The summed E-state index contributed by atoms with van der Waals surface area (Å²) in [5.41, 5.74) is 0.500. The molecular weight excluding hydrogens is 270 g/mol. The van der Waals surface area contributed by atoms with Crippen LogP contribution in [0.4, 0.5) is 0 Å². The van der Waals surface area contributed by atoms with E-state index in [9.17, 15) is 17.8 Å². The second kappa shape index (κ2) is 7.88. The maximum absolute atomic E-state index is 11.5. The SMILES string of the molecule is O=C(OCC[NH2+]CCCS(=O)(=O)[O-])c1ccccc1. The van der Waals surface area contributed by atoms with Crippen molar-refractivity contribution in [1.29, 1.82) is 0 Å². The van der Waals surface area contributed by atoms with Crippen molar-refractivity contribution in [3.05, 3.63) is 35.9 Å². The molecule has 0 saturated heterocycles. The zero-order valence-electron chi connectivity index (χ0n) is 10.4. The van der Waals surface area contributed by atoms with Gasteiger partial charge in [-0.1, -0.05) is 18.2 Å². The van der Waals surface area contributed by atoms with Crippen LogP contribution in [0.1, 0.15) is 16.8 Å². The largest absolute Gasteiger partial charge is 0.748 e. The van der Waals surface area contributed by atoms with Crippen molar-refractivity contribution >= 4 is 16.1 Å². The Kier molecular flexibility index (Phi) is 6.48. The van der Waals surface area contributed by atoms with Gasteiger partial charge in [0.2, 0.25) is 0 Å². The first-order chi connectivity index (χ1) is 8.99. The van der Waals surface area contributed by atoms with Gasteiger partial charge in [-0.2, -0.15) is 0 Å². The predicted octanol–water partition coefficient (Wildman–Crippen LogP) is -0.658. The van der Waals surface area contributed by atoms with Crippen LogP contribution in [0.5, 0.6) is 0 Å². The molecule has 2 N–H and O–H groups in total. The Morgan fingerprint density at radius 2 is 1.89 bits per heavy atom. The first kappa shape index (κ1) is 15.6. The zero-order valence-corrected chi connectivity index (χ0v) is 11.3. The maximum Gasteiger partial charge on any atom is 0.338 e. The van der Waals surface area contributed by atoms with E-state index in [1.807, 2.05) is 11.4 Å². The maximum atomic E-state index is 11.5. The lowest BCUT2D eigenvalue weighted by molar-refractivity contribution is -0.655. The van der Waals surface area contributed by atoms with E-state index in [4.69, 9.17) is 4.74 Å². The van der Waals surface area contributed by atoms with Crippen LogP contribution in [0.15, 0.2) is 30.3 Å². The van der Waals surface area contributed by atoms with E-state index in [-0.39, 0.29) is 18.3 Å². The van der Waals surface area contributed by atoms with Gasteiger partial charge in [-0.25, -0.2) is 13.2 Å². The number of carbonyl (C=O) groups is 1. The van der Waals surface area contributed by atoms with E-state index in [0.717, 1.165) is 0 Å². The van der Waals surface area contributed by atoms with Gasteiger partial charge in [0.05, 0.1) is 22.2 Å². The summed E-state index contributed by atoms with van der Waals surface area (Å²) in [5.74, 6) is -0.732. The molecule has 1 rings (SSSR count). The molecule has 0 saturated carbocycles. The van der Waals surface area contributed by atoms with Crippen molar-refractivity contribution < 1.29 is 27.8 Å². The molecule has 0 radical (unpaired) electrons. The van der Waals surface area contributed by atoms with Gasteiger partial charge < -0.3 is 14.6 Å². The molecule has 0 amide bonds. The van der Waals surface area contributed by atoms with Crippen LogP contribution >= 0.6 is 0 Å². The van der Waals surface area contributed by atoms with Gasteiger partial charge in [-0.05, 0) is 12.1 Å². The Morgan fingerprint density at radius 3 is 2.53 bits per heavy atom. The van der Waals surface area contributed by atoms with E-state index in [2.05, 4.69) is 0 Å². The monoisotopic (exact) mass is 287 g/mol. The van der Waals surface area contributed by atoms with Crippen LogP contribution in [0.2, 0.25) is 0 Å². The molecule has 1 aromatic carbocycles. The molecule has 0 heterocycles. The zero-order chi connectivity index (χ0) is 14.1. The summed E-state index contributed by atoms with van der Waals surface area (Å²) < 4.78 is 36.0. The molecule has 19 heavy (non-hydrogen) atoms. The summed E-state index contributed by atoms with van der Waals surface area (Å²) >= 11 is 0. The number of hydrogen-bond acceptors (Lipinski definition) is 5. The lowest BCUT2D eigenvalue weighted by atomic mass is 10.2. The molecule has 1 aromatic rings. The topological polar surface area (TPSA) is 100 Å². The summed E-state index contributed by atoms with van der Waals surface area (Å²) in [4.78, 5) is 11.5. The second-order valence-electron chi connectivity index (χ2n) is 3.98. The standard InChI is InChI=1S/C12H17NO5S/c14-12(11-5-2-1-3-6-11)18-9-8-13-7-4-10-19(15,16)17/h1-3,5-6,13H,4,7-10H2,(H,15,16,17). The Bertz CT molecular complexity index is 486. The van der Waals surface area contributed by atoms with Crippen molar-refractivity contribution in [3.8, 4) is 0 Å². The summed E-state index contributed by atoms with van der Waals surface area (Å²) in [6.45, 7) is 1.31. The van der Waals surface area contributed by atoms with Crippen molar-refractivity contribution in [2.75, 3.05) is 25.4 Å². The molecule has 0 fully saturated rings. The molecule has 0 aromatic heterocycles. The summed E-state index contributed by atoms with van der Waals surface area (Å²) in [6, 6.07) is 8.67. The quantitative estimate of drug-likeness (QED) is 0.389. The minimum absolute atomic E-state index is 0.248.